The Morgan fingerprint density at radius 3 is 2.08 bits per heavy atom. The molecule has 7 heteroatoms. The summed E-state index contributed by atoms with van der Waals surface area (Å²) < 4.78 is 15.1. The van der Waals surface area contributed by atoms with Crippen molar-refractivity contribution in [3.63, 3.8) is 0 Å². The first-order valence-corrected chi connectivity index (χ1v) is 14.6. The summed E-state index contributed by atoms with van der Waals surface area (Å²) in [5.74, 6) is 3.49. The molecule has 0 unspecified atom stereocenters. The van der Waals surface area contributed by atoms with Gasteiger partial charge in [-0.2, -0.15) is 0 Å². The Kier molecular flexibility index (Phi) is 12.3. The van der Waals surface area contributed by atoms with Crippen LogP contribution in [0.1, 0.15) is 78.5 Å². The van der Waals surface area contributed by atoms with Crippen LogP contribution in [-0.4, -0.2) is 84.9 Å². The Balaban J connectivity index is 1.83. The zero-order valence-corrected chi connectivity index (χ0v) is 23.7. The van der Waals surface area contributed by atoms with Gasteiger partial charge >= 0.3 is 0 Å². The second-order valence-corrected chi connectivity index (χ2v) is 9.89. The van der Waals surface area contributed by atoms with Crippen molar-refractivity contribution >= 4 is 11.0 Å². The highest BCUT2D eigenvalue weighted by Crippen LogP contribution is 2.36. The van der Waals surface area contributed by atoms with Gasteiger partial charge < -0.3 is 29.2 Å². The summed E-state index contributed by atoms with van der Waals surface area (Å²) in [7, 11) is 0. The number of aryl methyl sites for hydroxylation is 1. The summed E-state index contributed by atoms with van der Waals surface area (Å²) in [6, 6.07) is 4.27. The van der Waals surface area contributed by atoms with Crippen LogP contribution >= 0.6 is 0 Å². The van der Waals surface area contributed by atoms with Crippen molar-refractivity contribution in [1.29, 1.82) is 0 Å². The molecule has 0 bridgehead atoms. The van der Waals surface area contributed by atoms with Crippen molar-refractivity contribution in [2.75, 3.05) is 65.6 Å². The van der Waals surface area contributed by atoms with Gasteiger partial charge in [-0.1, -0.05) is 34.6 Å². The average molecular weight is 502 g/mol. The lowest BCUT2D eigenvalue weighted by atomic mass is 9.97. The Bertz CT molecular complexity index is 885. The van der Waals surface area contributed by atoms with Gasteiger partial charge in [0.2, 0.25) is 0 Å². The zero-order chi connectivity index (χ0) is 25.8. The van der Waals surface area contributed by atoms with E-state index < -0.39 is 0 Å². The number of aromatic nitrogens is 2. The first kappa shape index (κ1) is 28.7. The van der Waals surface area contributed by atoms with E-state index in [4.69, 9.17) is 14.5 Å². The number of hydrogen-bond donors (Lipinski definition) is 1. The summed E-state index contributed by atoms with van der Waals surface area (Å²) in [4.78, 5) is 10.1. The van der Waals surface area contributed by atoms with Gasteiger partial charge in [-0.3, -0.25) is 0 Å². The van der Waals surface area contributed by atoms with E-state index in [0.717, 1.165) is 114 Å². The predicted octanol–water partition coefficient (Wildman–Crippen LogP) is 5.13. The number of fused-ring (bicyclic) bond motifs is 1. The molecule has 1 fully saturated rings. The molecule has 0 aliphatic carbocycles. The number of ether oxygens (including phenoxy) is 2. The Hall–Kier alpha value is -1.83. The summed E-state index contributed by atoms with van der Waals surface area (Å²) in [5.41, 5.74) is 2.15. The van der Waals surface area contributed by atoms with E-state index in [0.29, 0.717) is 19.1 Å². The molecular weight excluding hydrogens is 450 g/mol. The molecule has 1 aliphatic rings. The fourth-order valence-corrected chi connectivity index (χ4v) is 5.26. The molecule has 1 N–H and O–H groups in total. The second kappa shape index (κ2) is 15.4. The van der Waals surface area contributed by atoms with Crippen molar-refractivity contribution in [3.8, 4) is 11.5 Å². The topological polar surface area (TPSA) is 54.8 Å². The lowest BCUT2D eigenvalue weighted by molar-refractivity contribution is 0.243. The fourth-order valence-electron chi connectivity index (χ4n) is 5.26. The van der Waals surface area contributed by atoms with Gasteiger partial charge in [-0.05, 0) is 71.4 Å². The zero-order valence-electron chi connectivity index (χ0n) is 23.7. The standard InChI is InChI=1S/C29H51N5O2/c1-6-17-34-26-22-25(35-20-11-18-32(7-2)8-3)23-27(36-21-12-19-33(9-4)10-5)28(26)31-29(34)24-13-15-30-16-14-24/h22-24,30H,6-21H2,1-5H3. The van der Waals surface area contributed by atoms with Crippen LogP contribution in [0.25, 0.3) is 11.0 Å². The number of nitrogens with one attached hydrogen (secondary N) is 1. The number of rotatable bonds is 17. The molecule has 0 amide bonds. The third kappa shape index (κ3) is 7.83. The van der Waals surface area contributed by atoms with Crippen LogP contribution in [0.5, 0.6) is 11.5 Å². The number of piperidine rings is 1. The van der Waals surface area contributed by atoms with Crippen LogP contribution in [0.4, 0.5) is 0 Å². The van der Waals surface area contributed by atoms with Crippen molar-refractivity contribution in [2.24, 2.45) is 0 Å². The lowest BCUT2D eigenvalue weighted by Gasteiger charge is -2.23. The first-order valence-electron chi connectivity index (χ1n) is 14.6. The third-order valence-electron chi connectivity index (χ3n) is 7.53. The minimum Gasteiger partial charge on any atom is -0.493 e. The SMILES string of the molecule is CCCn1c(C2CCNCC2)nc2c(OCCCN(CC)CC)cc(OCCCN(CC)CC)cc21. The van der Waals surface area contributed by atoms with E-state index in [1.54, 1.807) is 0 Å². The first-order chi connectivity index (χ1) is 17.6. The molecule has 3 rings (SSSR count). The molecule has 1 aromatic carbocycles. The minimum absolute atomic E-state index is 0.499. The van der Waals surface area contributed by atoms with Crippen LogP contribution in [0, 0.1) is 0 Å². The molecule has 0 spiro atoms. The highest BCUT2D eigenvalue weighted by atomic mass is 16.5. The molecule has 2 heterocycles. The quantitative estimate of drug-likeness (QED) is 0.303. The van der Waals surface area contributed by atoms with Crippen LogP contribution in [0.3, 0.4) is 0 Å². The molecule has 36 heavy (non-hydrogen) atoms. The molecule has 0 atom stereocenters. The van der Waals surface area contributed by atoms with Crippen molar-refractivity contribution in [1.82, 2.24) is 24.7 Å². The van der Waals surface area contributed by atoms with Gasteiger partial charge in [0.15, 0.2) is 5.75 Å². The van der Waals surface area contributed by atoms with Gasteiger partial charge in [-0.15, -0.1) is 0 Å². The van der Waals surface area contributed by atoms with Crippen LogP contribution in [0.15, 0.2) is 12.1 Å². The maximum atomic E-state index is 6.41. The monoisotopic (exact) mass is 501 g/mol. The number of hydrogen-bond acceptors (Lipinski definition) is 6. The highest BCUT2D eigenvalue weighted by molar-refractivity contribution is 5.84. The van der Waals surface area contributed by atoms with Crippen LogP contribution in [0.2, 0.25) is 0 Å². The molecular formula is C29H51N5O2. The predicted molar refractivity (Wildman–Crippen MR) is 151 cm³/mol. The molecule has 204 valence electrons. The molecule has 7 nitrogen and oxygen atoms in total. The summed E-state index contributed by atoms with van der Waals surface area (Å²) in [5, 5.41) is 3.50. The number of nitrogens with zero attached hydrogens (tertiary/aromatic N) is 4. The van der Waals surface area contributed by atoms with Gasteiger partial charge in [0, 0.05) is 37.7 Å². The third-order valence-corrected chi connectivity index (χ3v) is 7.53. The summed E-state index contributed by atoms with van der Waals surface area (Å²) in [6.07, 6.45) is 5.39. The van der Waals surface area contributed by atoms with Gasteiger partial charge in [0.25, 0.3) is 0 Å². The number of imidazole rings is 1. The van der Waals surface area contributed by atoms with E-state index in [2.05, 4.69) is 66.4 Å². The Morgan fingerprint density at radius 2 is 1.50 bits per heavy atom. The molecule has 1 aromatic heterocycles. The summed E-state index contributed by atoms with van der Waals surface area (Å²) in [6.45, 7) is 22.1. The average Bonchev–Trinajstić information content (AvgIpc) is 3.28. The second-order valence-electron chi connectivity index (χ2n) is 9.89. The fraction of sp³-hybridized carbons (Fsp3) is 0.759. The Labute approximate surface area is 219 Å². The summed E-state index contributed by atoms with van der Waals surface area (Å²) >= 11 is 0. The molecule has 2 aromatic rings. The van der Waals surface area contributed by atoms with Crippen LogP contribution < -0.4 is 14.8 Å². The largest absolute Gasteiger partial charge is 0.493 e. The smallest absolute Gasteiger partial charge is 0.150 e. The van der Waals surface area contributed by atoms with Crippen molar-refractivity contribution < 1.29 is 9.47 Å². The lowest BCUT2D eigenvalue weighted by Crippen LogP contribution is -2.28. The normalized spacial score (nSPS) is 14.9. The van der Waals surface area contributed by atoms with Crippen molar-refractivity contribution in [2.45, 2.75) is 79.2 Å². The van der Waals surface area contributed by atoms with Crippen molar-refractivity contribution in [3.05, 3.63) is 18.0 Å². The number of benzene rings is 1. The van der Waals surface area contributed by atoms with E-state index in [9.17, 15) is 0 Å². The van der Waals surface area contributed by atoms with Gasteiger partial charge in [0.05, 0.1) is 18.7 Å². The minimum atomic E-state index is 0.499. The van der Waals surface area contributed by atoms with E-state index >= 15 is 0 Å². The van der Waals surface area contributed by atoms with E-state index in [-0.39, 0.29) is 0 Å². The van der Waals surface area contributed by atoms with Crippen LogP contribution in [-0.2, 0) is 6.54 Å². The maximum Gasteiger partial charge on any atom is 0.150 e. The van der Waals surface area contributed by atoms with E-state index in [1.807, 2.05) is 0 Å². The van der Waals surface area contributed by atoms with Gasteiger partial charge in [0.1, 0.15) is 17.1 Å². The van der Waals surface area contributed by atoms with Gasteiger partial charge in [-0.25, -0.2) is 4.98 Å². The van der Waals surface area contributed by atoms with E-state index in [1.165, 1.54) is 5.82 Å². The maximum absolute atomic E-state index is 6.41. The molecule has 0 radical (unpaired) electrons. The molecule has 1 aliphatic heterocycles. The molecule has 0 saturated carbocycles. The highest BCUT2D eigenvalue weighted by Gasteiger charge is 2.24. The Morgan fingerprint density at radius 1 is 0.889 bits per heavy atom. The molecule has 1 saturated heterocycles.